The SMILES string of the molecule is Cc1ccc(C(N)=O)c(Nc2cccc3c2CCNC3)n1. The lowest BCUT2D eigenvalue weighted by Gasteiger charge is -2.21. The first-order valence-corrected chi connectivity index (χ1v) is 7.01. The maximum atomic E-state index is 11.5. The van der Waals surface area contributed by atoms with E-state index in [9.17, 15) is 4.79 Å². The first kappa shape index (κ1) is 13.6. The van der Waals surface area contributed by atoms with Gasteiger partial charge in [-0.15, -0.1) is 0 Å². The Morgan fingerprint density at radius 2 is 2.19 bits per heavy atom. The zero-order chi connectivity index (χ0) is 14.8. The fourth-order valence-corrected chi connectivity index (χ4v) is 2.63. The third kappa shape index (κ3) is 2.73. The molecule has 21 heavy (non-hydrogen) atoms. The number of rotatable bonds is 3. The van der Waals surface area contributed by atoms with E-state index in [1.807, 2.05) is 19.1 Å². The first-order chi connectivity index (χ1) is 10.1. The zero-order valence-electron chi connectivity index (χ0n) is 11.9. The van der Waals surface area contributed by atoms with E-state index >= 15 is 0 Å². The Kier molecular flexibility index (Phi) is 3.58. The Labute approximate surface area is 123 Å². The van der Waals surface area contributed by atoms with Crippen molar-refractivity contribution < 1.29 is 4.79 Å². The van der Waals surface area contributed by atoms with Gasteiger partial charge in [0.2, 0.25) is 0 Å². The zero-order valence-corrected chi connectivity index (χ0v) is 11.9. The lowest BCUT2D eigenvalue weighted by atomic mass is 9.99. The van der Waals surface area contributed by atoms with E-state index in [0.29, 0.717) is 11.4 Å². The number of amides is 1. The molecule has 0 bridgehead atoms. The summed E-state index contributed by atoms with van der Waals surface area (Å²) in [7, 11) is 0. The van der Waals surface area contributed by atoms with Crippen molar-refractivity contribution >= 4 is 17.4 Å². The summed E-state index contributed by atoms with van der Waals surface area (Å²) >= 11 is 0. The van der Waals surface area contributed by atoms with Crippen molar-refractivity contribution in [3.05, 3.63) is 52.7 Å². The van der Waals surface area contributed by atoms with Crippen LogP contribution in [0.5, 0.6) is 0 Å². The van der Waals surface area contributed by atoms with Crippen LogP contribution in [0.25, 0.3) is 0 Å². The Hall–Kier alpha value is -2.40. The predicted molar refractivity (Wildman–Crippen MR) is 82.6 cm³/mol. The fourth-order valence-electron chi connectivity index (χ4n) is 2.63. The minimum Gasteiger partial charge on any atom is -0.365 e. The van der Waals surface area contributed by atoms with Gasteiger partial charge in [-0.3, -0.25) is 4.79 Å². The van der Waals surface area contributed by atoms with Crippen LogP contribution >= 0.6 is 0 Å². The van der Waals surface area contributed by atoms with Crippen LogP contribution in [0.4, 0.5) is 11.5 Å². The molecule has 0 aliphatic carbocycles. The second kappa shape index (κ2) is 5.54. The minimum atomic E-state index is -0.475. The van der Waals surface area contributed by atoms with Crippen LogP contribution < -0.4 is 16.4 Å². The van der Waals surface area contributed by atoms with Crippen LogP contribution in [0, 0.1) is 6.92 Å². The summed E-state index contributed by atoms with van der Waals surface area (Å²) in [6.07, 6.45) is 0.955. The number of aryl methyl sites for hydroxylation is 1. The molecule has 4 N–H and O–H groups in total. The molecule has 1 aliphatic rings. The number of nitrogens with two attached hydrogens (primary N) is 1. The van der Waals surface area contributed by atoms with Gasteiger partial charge in [0, 0.05) is 17.9 Å². The summed E-state index contributed by atoms with van der Waals surface area (Å²) in [4.78, 5) is 16.0. The van der Waals surface area contributed by atoms with Crippen LogP contribution in [-0.4, -0.2) is 17.4 Å². The number of hydrogen-bond donors (Lipinski definition) is 3. The standard InChI is InChI=1S/C16H18N4O/c1-10-5-6-13(15(17)21)16(19-10)20-14-4-2-3-11-9-18-8-7-12(11)14/h2-6,18H,7-9H2,1H3,(H2,17,21)(H,19,20). The number of carbonyl (C=O) groups is 1. The topological polar surface area (TPSA) is 80.0 Å². The fraction of sp³-hybridized carbons (Fsp3) is 0.250. The van der Waals surface area contributed by atoms with E-state index < -0.39 is 5.91 Å². The average Bonchev–Trinajstić information content (AvgIpc) is 2.47. The Morgan fingerprint density at radius 1 is 1.33 bits per heavy atom. The first-order valence-electron chi connectivity index (χ1n) is 7.01. The van der Waals surface area contributed by atoms with Gasteiger partial charge in [0.15, 0.2) is 0 Å². The highest BCUT2D eigenvalue weighted by molar-refractivity contribution is 5.98. The summed E-state index contributed by atoms with van der Waals surface area (Å²) < 4.78 is 0. The van der Waals surface area contributed by atoms with Crippen LogP contribution in [-0.2, 0) is 13.0 Å². The van der Waals surface area contributed by atoms with Crippen molar-refractivity contribution in [1.82, 2.24) is 10.3 Å². The number of hydrogen-bond acceptors (Lipinski definition) is 4. The lowest BCUT2D eigenvalue weighted by molar-refractivity contribution is 0.100. The highest BCUT2D eigenvalue weighted by Gasteiger charge is 2.15. The number of nitrogens with one attached hydrogen (secondary N) is 2. The normalized spacial score (nSPS) is 13.6. The molecule has 0 radical (unpaired) electrons. The number of fused-ring (bicyclic) bond motifs is 1. The van der Waals surface area contributed by atoms with Crippen molar-refractivity contribution in [3.63, 3.8) is 0 Å². The van der Waals surface area contributed by atoms with E-state index in [-0.39, 0.29) is 0 Å². The third-order valence-electron chi connectivity index (χ3n) is 3.69. The molecule has 2 heterocycles. The molecule has 0 unspecified atom stereocenters. The second-order valence-electron chi connectivity index (χ2n) is 5.21. The Bertz CT molecular complexity index is 697. The molecule has 5 nitrogen and oxygen atoms in total. The van der Waals surface area contributed by atoms with Crippen LogP contribution in [0.1, 0.15) is 27.2 Å². The molecule has 0 atom stereocenters. The molecule has 0 fully saturated rings. The molecule has 2 aromatic rings. The molecule has 1 aromatic heterocycles. The minimum absolute atomic E-state index is 0.409. The van der Waals surface area contributed by atoms with Gasteiger partial charge in [0.1, 0.15) is 5.82 Å². The number of primary amides is 1. The number of aromatic nitrogens is 1. The van der Waals surface area contributed by atoms with Crippen molar-refractivity contribution in [2.45, 2.75) is 19.9 Å². The molecular weight excluding hydrogens is 264 g/mol. The maximum Gasteiger partial charge on any atom is 0.252 e. The molecular formula is C16H18N4O. The van der Waals surface area contributed by atoms with E-state index in [2.05, 4.69) is 21.7 Å². The number of nitrogens with zero attached hydrogens (tertiary/aromatic N) is 1. The van der Waals surface area contributed by atoms with Crippen LogP contribution in [0.3, 0.4) is 0 Å². The van der Waals surface area contributed by atoms with Gasteiger partial charge in [-0.2, -0.15) is 0 Å². The highest BCUT2D eigenvalue weighted by atomic mass is 16.1. The molecule has 1 amide bonds. The summed E-state index contributed by atoms with van der Waals surface area (Å²) in [6.45, 7) is 3.71. The van der Waals surface area contributed by atoms with E-state index in [4.69, 9.17) is 5.73 Å². The smallest absolute Gasteiger partial charge is 0.252 e. The Balaban J connectivity index is 2.01. The quantitative estimate of drug-likeness (QED) is 0.803. The molecule has 5 heteroatoms. The number of benzene rings is 1. The van der Waals surface area contributed by atoms with Gasteiger partial charge >= 0.3 is 0 Å². The van der Waals surface area contributed by atoms with Gasteiger partial charge in [0.25, 0.3) is 5.91 Å². The maximum absolute atomic E-state index is 11.5. The summed E-state index contributed by atoms with van der Waals surface area (Å²) in [6, 6.07) is 9.64. The lowest BCUT2D eigenvalue weighted by Crippen LogP contribution is -2.24. The third-order valence-corrected chi connectivity index (χ3v) is 3.69. The molecule has 1 aromatic carbocycles. The van der Waals surface area contributed by atoms with Gasteiger partial charge in [-0.25, -0.2) is 4.98 Å². The van der Waals surface area contributed by atoms with Crippen molar-refractivity contribution in [2.75, 3.05) is 11.9 Å². The predicted octanol–water partition coefficient (Wildman–Crippen LogP) is 1.88. The summed E-state index contributed by atoms with van der Waals surface area (Å²) in [5.41, 5.74) is 10.2. The number of anilines is 2. The monoisotopic (exact) mass is 282 g/mol. The van der Waals surface area contributed by atoms with E-state index in [0.717, 1.165) is 30.9 Å². The number of pyridine rings is 1. The molecule has 1 aliphatic heterocycles. The van der Waals surface area contributed by atoms with Crippen LogP contribution in [0.2, 0.25) is 0 Å². The van der Waals surface area contributed by atoms with Gasteiger partial charge in [-0.05, 0) is 49.2 Å². The average molecular weight is 282 g/mol. The van der Waals surface area contributed by atoms with Crippen molar-refractivity contribution in [3.8, 4) is 0 Å². The van der Waals surface area contributed by atoms with E-state index in [1.54, 1.807) is 12.1 Å². The summed E-state index contributed by atoms with van der Waals surface area (Å²) in [5.74, 6) is 0.0471. The van der Waals surface area contributed by atoms with Crippen molar-refractivity contribution in [1.29, 1.82) is 0 Å². The largest absolute Gasteiger partial charge is 0.365 e. The van der Waals surface area contributed by atoms with E-state index in [1.165, 1.54) is 11.1 Å². The van der Waals surface area contributed by atoms with Gasteiger partial charge < -0.3 is 16.4 Å². The van der Waals surface area contributed by atoms with Crippen LogP contribution in [0.15, 0.2) is 30.3 Å². The molecule has 0 saturated heterocycles. The molecule has 0 spiro atoms. The Morgan fingerprint density at radius 3 is 3.00 bits per heavy atom. The highest BCUT2D eigenvalue weighted by Crippen LogP contribution is 2.27. The number of carbonyl (C=O) groups excluding carboxylic acids is 1. The van der Waals surface area contributed by atoms with Gasteiger partial charge in [0.05, 0.1) is 5.56 Å². The van der Waals surface area contributed by atoms with Crippen molar-refractivity contribution in [2.24, 2.45) is 5.73 Å². The van der Waals surface area contributed by atoms with Gasteiger partial charge in [-0.1, -0.05) is 12.1 Å². The molecule has 108 valence electrons. The molecule has 0 saturated carbocycles. The second-order valence-corrected chi connectivity index (χ2v) is 5.21. The summed E-state index contributed by atoms with van der Waals surface area (Å²) in [5, 5.41) is 6.64. The molecule has 3 rings (SSSR count).